The first kappa shape index (κ1) is 15.9. The van der Waals surface area contributed by atoms with Crippen LogP contribution in [0.4, 0.5) is 0 Å². The molecule has 1 saturated heterocycles. The lowest BCUT2D eigenvalue weighted by molar-refractivity contribution is 0.197. The lowest BCUT2D eigenvalue weighted by Crippen LogP contribution is -2.42. The third kappa shape index (κ3) is 4.25. The highest BCUT2D eigenvalue weighted by Crippen LogP contribution is 2.21. The van der Waals surface area contributed by atoms with Gasteiger partial charge in [0.1, 0.15) is 0 Å². The highest BCUT2D eigenvalue weighted by molar-refractivity contribution is 7.88. The normalized spacial score (nSPS) is 21.5. The molecule has 0 spiro atoms. The zero-order valence-electron chi connectivity index (χ0n) is 12.4. The fraction of sp³-hybridized carbons (Fsp3) is 0.769. The first-order chi connectivity index (χ1) is 9.36. The summed E-state index contributed by atoms with van der Waals surface area (Å²) in [4.78, 5) is 7.83. The molecule has 2 rings (SSSR count). The highest BCUT2D eigenvalue weighted by Gasteiger charge is 2.26. The Kier molecular flexibility index (Phi) is 5.17. The zero-order valence-corrected chi connectivity index (χ0v) is 14.0. The summed E-state index contributed by atoms with van der Waals surface area (Å²) >= 11 is 1.69. The third-order valence-electron chi connectivity index (χ3n) is 3.78. The predicted molar refractivity (Wildman–Crippen MR) is 82.3 cm³/mol. The summed E-state index contributed by atoms with van der Waals surface area (Å²) in [5.74, 6) is 0.428. The van der Waals surface area contributed by atoms with Crippen LogP contribution in [0.1, 0.15) is 23.4 Å². The second-order valence-electron chi connectivity index (χ2n) is 5.69. The fourth-order valence-electron chi connectivity index (χ4n) is 2.71. The maximum atomic E-state index is 11.6. The second-order valence-corrected chi connectivity index (χ2v) is 8.61. The minimum Gasteiger partial charge on any atom is -0.301 e. The molecule has 5 nitrogen and oxygen atoms in total. The fourth-order valence-corrected chi connectivity index (χ4v) is 4.50. The predicted octanol–water partition coefficient (Wildman–Crippen LogP) is 1.55. The average Bonchev–Trinajstić information content (AvgIpc) is 2.74. The molecule has 0 aromatic carbocycles. The first-order valence-corrected chi connectivity index (χ1v) is 9.61. The molecule has 2 heterocycles. The van der Waals surface area contributed by atoms with E-state index in [1.165, 1.54) is 11.1 Å². The summed E-state index contributed by atoms with van der Waals surface area (Å²) < 4.78 is 24.9. The molecule has 1 atom stereocenters. The number of aromatic nitrogens is 1. The van der Waals surface area contributed by atoms with Crippen molar-refractivity contribution in [1.29, 1.82) is 0 Å². The molecule has 1 aliphatic rings. The van der Waals surface area contributed by atoms with Crippen molar-refractivity contribution in [3.8, 4) is 0 Å². The Balaban J connectivity index is 1.88. The van der Waals surface area contributed by atoms with Gasteiger partial charge in [-0.3, -0.25) is 0 Å². The summed E-state index contributed by atoms with van der Waals surface area (Å²) in [6, 6.07) is 0. The van der Waals surface area contributed by atoms with E-state index in [9.17, 15) is 8.42 Å². The van der Waals surface area contributed by atoms with Gasteiger partial charge in [-0.25, -0.2) is 17.7 Å². The SMILES string of the molecule is Cc1ncsc1CN(C)CC1CCCN(S(C)(=O)=O)C1. The zero-order chi connectivity index (χ0) is 14.8. The molecule has 0 saturated carbocycles. The Morgan fingerprint density at radius 1 is 1.55 bits per heavy atom. The molecule has 1 unspecified atom stereocenters. The van der Waals surface area contributed by atoms with Crippen molar-refractivity contribution in [2.75, 3.05) is 32.9 Å². The molecule has 0 bridgehead atoms. The van der Waals surface area contributed by atoms with Crippen molar-refractivity contribution in [2.24, 2.45) is 5.92 Å². The molecule has 7 heteroatoms. The molecule has 0 aliphatic carbocycles. The summed E-state index contributed by atoms with van der Waals surface area (Å²) in [6.07, 6.45) is 3.38. The van der Waals surface area contributed by atoms with Crippen molar-refractivity contribution >= 4 is 21.4 Å². The maximum absolute atomic E-state index is 11.6. The number of aryl methyl sites for hydroxylation is 1. The summed E-state index contributed by atoms with van der Waals surface area (Å²) in [7, 11) is -0.949. The van der Waals surface area contributed by atoms with E-state index < -0.39 is 10.0 Å². The minimum atomic E-state index is -3.04. The van der Waals surface area contributed by atoms with Crippen LogP contribution in [-0.2, 0) is 16.6 Å². The van der Waals surface area contributed by atoms with Gasteiger partial charge in [-0.2, -0.15) is 0 Å². The number of rotatable bonds is 5. The molecule has 0 radical (unpaired) electrons. The van der Waals surface area contributed by atoms with E-state index in [2.05, 4.69) is 16.9 Å². The Morgan fingerprint density at radius 2 is 2.30 bits per heavy atom. The topological polar surface area (TPSA) is 53.5 Å². The molecule has 20 heavy (non-hydrogen) atoms. The Morgan fingerprint density at radius 3 is 2.90 bits per heavy atom. The van der Waals surface area contributed by atoms with Crippen LogP contribution in [0.3, 0.4) is 0 Å². The molecule has 114 valence electrons. The van der Waals surface area contributed by atoms with Crippen LogP contribution in [-0.4, -0.2) is 55.5 Å². The van der Waals surface area contributed by atoms with Crippen molar-refractivity contribution in [2.45, 2.75) is 26.3 Å². The Bertz CT molecular complexity index is 542. The van der Waals surface area contributed by atoms with E-state index in [-0.39, 0.29) is 0 Å². The van der Waals surface area contributed by atoms with Crippen LogP contribution in [0.5, 0.6) is 0 Å². The van der Waals surface area contributed by atoms with Gasteiger partial charge in [-0.05, 0) is 32.7 Å². The van der Waals surface area contributed by atoms with Crippen molar-refractivity contribution < 1.29 is 8.42 Å². The van der Waals surface area contributed by atoms with Gasteiger partial charge in [0.2, 0.25) is 10.0 Å². The van der Waals surface area contributed by atoms with Crippen LogP contribution in [0.2, 0.25) is 0 Å². The van der Waals surface area contributed by atoms with Crippen LogP contribution in [0.25, 0.3) is 0 Å². The monoisotopic (exact) mass is 317 g/mol. The van der Waals surface area contributed by atoms with Gasteiger partial charge in [-0.15, -0.1) is 11.3 Å². The lowest BCUT2D eigenvalue weighted by atomic mass is 9.99. The number of sulfonamides is 1. The molecule has 0 N–H and O–H groups in total. The van der Waals surface area contributed by atoms with Gasteiger partial charge < -0.3 is 4.90 Å². The summed E-state index contributed by atoms with van der Waals surface area (Å²) in [5.41, 5.74) is 2.98. The van der Waals surface area contributed by atoms with Crippen LogP contribution >= 0.6 is 11.3 Å². The molecular formula is C13H23N3O2S2. The van der Waals surface area contributed by atoms with E-state index in [1.807, 2.05) is 12.4 Å². The molecule has 0 amide bonds. The number of nitrogens with zero attached hydrogens (tertiary/aromatic N) is 3. The first-order valence-electron chi connectivity index (χ1n) is 6.89. The van der Waals surface area contributed by atoms with Gasteiger partial charge in [0.05, 0.1) is 17.5 Å². The number of hydrogen-bond donors (Lipinski definition) is 0. The van der Waals surface area contributed by atoms with Crippen molar-refractivity contribution in [1.82, 2.24) is 14.2 Å². The number of thiazole rings is 1. The van der Waals surface area contributed by atoms with Crippen LogP contribution < -0.4 is 0 Å². The summed E-state index contributed by atoms with van der Waals surface area (Å²) in [6.45, 7) is 5.19. The van der Waals surface area contributed by atoms with Gasteiger partial charge >= 0.3 is 0 Å². The maximum Gasteiger partial charge on any atom is 0.211 e. The van der Waals surface area contributed by atoms with E-state index in [0.717, 1.165) is 31.6 Å². The molecule has 1 aromatic rings. The molecular weight excluding hydrogens is 294 g/mol. The summed E-state index contributed by atoms with van der Waals surface area (Å²) in [5, 5.41) is 0. The third-order valence-corrected chi connectivity index (χ3v) is 5.97. The lowest BCUT2D eigenvalue weighted by Gasteiger charge is -2.33. The number of piperidine rings is 1. The van der Waals surface area contributed by atoms with Gasteiger partial charge in [0.25, 0.3) is 0 Å². The van der Waals surface area contributed by atoms with Crippen molar-refractivity contribution in [3.05, 3.63) is 16.1 Å². The van der Waals surface area contributed by atoms with Gasteiger partial charge in [-0.1, -0.05) is 0 Å². The molecule has 1 aliphatic heterocycles. The molecule has 1 fully saturated rings. The smallest absolute Gasteiger partial charge is 0.211 e. The van der Waals surface area contributed by atoms with E-state index in [0.29, 0.717) is 19.0 Å². The van der Waals surface area contributed by atoms with E-state index in [1.54, 1.807) is 15.6 Å². The Labute approximate surface area is 125 Å². The van der Waals surface area contributed by atoms with Crippen molar-refractivity contribution in [3.63, 3.8) is 0 Å². The highest BCUT2D eigenvalue weighted by atomic mass is 32.2. The largest absolute Gasteiger partial charge is 0.301 e. The van der Waals surface area contributed by atoms with E-state index >= 15 is 0 Å². The molecule has 1 aromatic heterocycles. The minimum absolute atomic E-state index is 0.428. The quantitative estimate of drug-likeness (QED) is 0.827. The number of hydrogen-bond acceptors (Lipinski definition) is 5. The standard InChI is InChI=1S/C13H23N3O2S2/c1-11-13(19-10-14-11)9-15(2)7-12-5-4-6-16(8-12)20(3,17)18/h10,12H,4-9H2,1-3H3. The average molecular weight is 317 g/mol. The van der Waals surface area contributed by atoms with Crippen LogP contribution in [0.15, 0.2) is 5.51 Å². The van der Waals surface area contributed by atoms with Crippen LogP contribution in [0, 0.1) is 12.8 Å². The van der Waals surface area contributed by atoms with E-state index in [4.69, 9.17) is 0 Å². The van der Waals surface area contributed by atoms with Gasteiger partial charge in [0.15, 0.2) is 0 Å². The Hall–Kier alpha value is -0.500. The van der Waals surface area contributed by atoms with Gasteiger partial charge in [0, 0.05) is 31.1 Å². The second kappa shape index (κ2) is 6.51.